The van der Waals surface area contributed by atoms with Crippen LogP contribution in [-0.2, 0) is 6.42 Å². The Bertz CT molecular complexity index is 473. The normalized spacial score (nSPS) is 10.6. The van der Waals surface area contributed by atoms with Crippen LogP contribution in [0, 0.1) is 5.82 Å². The van der Waals surface area contributed by atoms with Gasteiger partial charge in [0.05, 0.1) is 5.69 Å². The van der Waals surface area contributed by atoms with E-state index in [0.717, 1.165) is 6.42 Å². The van der Waals surface area contributed by atoms with Crippen molar-refractivity contribution in [1.29, 1.82) is 0 Å². The van der Waals surface area contributed by atoms with Crippen LogP contribution in [0.2, 0.25) is 0 Å². The Morgan fingerprint density at radius 1 is 1.44 bits per heavy atom. The molecule has 1 aromatic heterocycles. The smallest absolute Gasteiger partial charge is 0.156 e. The van der Waals surface area contributed by atoms with Crippen LogP contribution in [0.4, 0.5) is 10.1 Å². The SMILES string of the molecule is CCCc1nnnn1-c1c(N)cccc1F. The molecular weight excluding hydrogens is 209 g/mol. The van der Waals surface area contributed by atoms with E-state index in [0.29, 0.717) is 17.9 Å². The van der Waals surface area contributed by atoms with Gasteiger partial charge in [-0.15, -0.1) is 5.10 Å². The van der Waals surface area contributed by atoms with E-state index >= 15 is 0 Å². The van der Waals surface area contributed by atoms with E-state index in [1.54, 1.807) is 12.1 Å². The van der Waals surface area contributed by atoms with Gasteiger partial charge in [0.1, 0.15) is 5.69 Å². The second-order valence-corrected chi connectivity index (χ2v) is 3.43. The molecule has 0 fully saturated rings. The lowest BCUT2D eigenvalue weighted by Gasteiger charge is -2.07. The van der Waals surface area contributed by atoms with Crippen molar-refractivity contribution in [3.05, 3.63) is 29.8 Å². The predicted octanol–water partition coefficient (Wildman–Crippen LogP) is 1.34. The van der Waals surface area contributed by atoms with Gasteiger partial charge in [0.15, 0.2) is 11.6 Å². The first-order valence-electron chi connectivity index (χ1n) is 5.05. The molecule has 6 heteroatoms. The summed E-state index contributed by atoms with van der Waals surface area (Å²) in [6, 6.07) is 4.51. The van der Waals surface area contributed by atoms with Gasteiger partial charge in [0.2, 0.25) is 0 Å². The number of halogens is 1. The zero-order valence-electron chi connectivity index (χ0n) is 8.89. The van der Waals surface area contributed by atoms with Crippen molar-refractivity contribution in [1.82, 2.24) is 20.2 Å². The summed E-state index contributed by atoms with van der Waals surface area (Å²) in [6.07, 6.45) is 1.56. The molecule has 2 aromatic rings. The first-order valence-corrected chi connectivity index (χ1v) is 5.05. The van der Waals surface area contributed by atoms with E-state index in [2.05, 4.69) is 15.5 Å². The van der Waals surface area contributed by atoms with E-state index in [1.807, 2.05) is 6.92 Å². The summed E-state index contributed by atoms with van der Waals surface area (Å²) >= 11 is 0. The number of aromatic nitrogens is 4. The third-order valence-corrected chi connectivity index (χ3v) is 2.24. The zero-order valence-corrected chi connectivity index (χ0v) is 8.89. The van der Waals surface area contributed by atoms with Crippen LogP contribution >= 0.6 is 0 Å². The number of hydrogen-bond donors (Lipinski definition) is 1. The highest BCUT2D eigenvalue weighted by Crippen LogP contribution is 2.20. The van der Waals surface area contributed by atoms with Gasteiger partial charge in [-0.3, -0.25) is 0 Å². The van der Waals surface area contributed by atoms with Gasteiger partial charge in [-0.25, -0.2) is 4.39 Å². The van der Waals surface area contributed by atoms with Gasteiger partial charge >= 0.3 is 0 Å². The summed E-state index contributed by atoms with van der Waals surface area (Å²) in [5.41, 5.74) is 6.26. The highest BCUT2D eigenvalue weighted by Gasteiger charge is 2.14. The summed E-state index contributed by atoms with van der Waals surface area (Å²) in [4.78, 5) is 0. The lowest BCUT2D eigenvalue weighted by molar-refractivity contribution is 0.602. The third kappa shape index (κ3) is 1.73. The minimum absolute atomic E-state index is 0.218. The van der Waals surface area contributed by atoms with Crippen molar-refractivity contribution in [3.63, 3.8) is 0 Å². The molecule has 0 atom stereocenters. The quantitative estimate of drug-likeness (QED) is 0.794. The Hall–Kier alpha value is -1.98. The summed E-state index contributed by atoms with van der Waals surface area (Å²) < 4.78 is 15.0. The second-order valence-electron chi connectivity index (χ2n) is 3.43. The molecule has 2 N–H and O–H groups in total. The van der Waals surface area contributed by atoms with E-state index in [1.165, 1.54) is 10.7 Å². The fourth-order valence-electron chi connectivity index (χ4n) is 1.51. The van der Waals surface area contributed by atoms with Gasteiger partial charge in [-0.2, -0.15) is 4.68 Å². The summed E-state index contributed by atoms with van der Waals surface area (Å²) in [6.45, 7) is 2.00. The standard InChI is InChI=1S/C10H12FN5/c1-2-4-9-13-14-15-16(9)10-7(11)5-3-6-8(10)12/h3,5-6H,2,4,12H2,1H3. The van der Waals surface area contributed by atoms with E-state index < -0.39 is 5.82 Å². The molecule has 16 heavy (non-hydrogen) atoms. The Morgan fingerprint density at radius 3 is 2.94 bits per heavy atom. The maximum atomic E-state index is 13.6. The topological polar surface area (TPSA) is 69.6 Å². The molecule has 1 heterocycles. The number of hydrogen-bond acceptors (Lipinski definition) is 4. The molecule has 0 saturated carbocycles. The lowest BCUT2D eigenvalue weighted by Crippen LogP contribution is -2.08. The molecule has 0 unspecified atom stereocenters. The largest absolute Gasteiger partial charge is 0.397 e. The fourth-order valence-corrected chi connectivity index (χ4v) is 1.51. The first-order chi connectivity index (χ1) is 7.74. The molecule has 0 saturated heterocycles. The number of nitrogens with zero attached hydrogens (tertiary/aromatic N) is 4. The van der Waals surface area contributed by atoms with Crippen molar-refractivity contribution in [2.45, 2.75) is 19.8 Å². The second kappa shape index (κ2) is 4.26. The molecule has 1 aromatic carbocycles. The molecular formula is C10H12FN5. The van der Waals surface area contributed by atoms with Crippen LogP contribution < -0.4 is 5.73 Å². The molecule has 0 spiro atoms. The number of tetrazole rings is 1. The molecule has 0 aliphatic carbocycles. The minimum atomic E-state index is -0.426. The summed E-state index contributed by atoms with van der Waals surface area (Å²) in [5, 5.41) is 11.1. The number of benzene rings is 1. The average molecular weight is 221 g/mol. The number of aryl methyl sites for hydroxylation is 1. The third-order valence-electron chi connectivity index (χ3n) is 2.24. The number of nitrogen functional groups attached to an aromatic ring is 1. The van der Waals surface area contributed by atoms with Crippen LogP contribution in [0.25, 0.3) is 5.69 Å². The highest BCUT2D eigenvalue weighted by atomic mass is 19.1. The van der Waals surface area contributed by atoms with Crippen molar-refractivity contribution in [3.8, 4) is 5.69 Å². The Morgan fingerprint density at radius 2 is 2.25 bits per heavy atom. The molecule has 5 nitrogen and oxygen atoms in total. The van der Waals surface area contributed by atoms with Crippen molar-refractivity contribution in [2.75, 3.05) is 5.73 Å². The van der Waals surface area contributed by atoms with Gasteiger partial charge in [-0.1, -0.05) is 13.0 Å². The highest BCUT2D eigenvalue weighted by molar-refractivity contribution is 5.57. The molecule has 0 aliphatic rings. The van der Waals surface area contributed by atoms with E-state index in [9.17, 15) is 4.39 Å². The first kappa shape index (κ1) is 10.5. The van der Waals surface area contributed by atoms with Gasteiger partial charge in [0, 0.05) is 6.42 Å². The van der Waals surface area contributed by atoms with Crippen molar-refractivity contribution < 1.29 is 4.39 Å². The summed E-state index contributed by atoms with van der Waals surface area (Å²) in [7, 11) is 0. The molecule has 0 amide bonds. The van der Waals surface area contributed by atoms with Crippen LogP contribution in [-0.4, -0.2) is 20.2 Å². The van der Waals surface area contributed by atoms with Gasteiger partial charge in [-0.05, 0) is 29.0 Å². The molecule has 0 bridgehead atoms. The molecule has 0 radical (unpaired) electrons. The van der Waals surface area contributed by atoms with Crippen LogP contribution in [0.5, 0.6) is 0 Å². The molecule has 0 aliphatic heterocycles. The minimum Gasteiger partial charge on any atom is -0.397 e. The number of para-hydroxylation sites is 1. The maximum absolute atomic E-state index is 13.6. The lowest BCUT2D eigenvalue weighted by atomic mass is 10.2. The van der Waals surface area contributed by atoms with Gasteiger partial charge < -0.3 is 5.73 Å². The van der Waals surface area contributed by atoms with Crippen LogP contribution in [0.3, 0.4) is 0 Å². The Labute approximate surface area is 92.1 Å². The van der Waals surface area contributed by atoms with Crippen molar-refractivity contribution in [2.24, 2.45) is 0 Å². The molecule has 2 rings (SSSR count). The Kier molecular flexibility index (Phi) is 2.80. The predicted molar refractivity (Wildman–Crippen MR) is 57.5 cm³/mol. The van der Waals surface area contributed by atoms with Crippen molar-refractivity contribution >= 4 is 5.69 Å². The Balaban J connectivity index is 2.54. The number of anilines is 1. The average Bonchev–Trinajstić information content (AvgIpc) is 2.67. The van der Waals surface area contributed by atoms with Crippen LogP contribution in [0.15, 0.2) is 18.2 Å². The monoisotopic (exact) mass is 221 g/mol. The molecule has 84 valence electrons. The summed E-state index contributed by atoms with van der Waals surface area (Å²) in [5.74, 6) is 0.184. The fraction of sp³-hybridized carbons (Fsp3) is 0.300. The van der Waals surface area contributed by atoms with E-state index in [-0.39, 0.29) is 5.69 Å². The zero-order chi connectivity index (χ0) is 11.5. The number of rotatable bonds is 3. The van der Waals surface area contributed by atoms with E-state index in [4.69, 9.17) is 5.73 Å². The van der Waals surface area contributed by atoms with Gasteiger partial charge in [0.25, 0.3) is 0 Å². The number of nitrogens with two attached hydrogens (primary N) is 1. The maximum Gasteiger partial charge on any atom is 0.156 e. The van der Waals surface area contributed by atoms with Crippen LogP contribution in [0.1, 0.15) is 19.2 Å².